The van der Waals surface area contributed by atoms with Crippen molar-refractivity contribution >= 4 is 29.4 Å². The molecule has 3 aromatic rings. The zero-order valence-corrected chi connectivity index (χ0v) is 15.6. The molecule has 29 heavy (non-hydrogen) atoms. The summed E-state index contributed by atoms with van der Waals surface area (Å²) in [5, 5.41) is -0.275. The van der Waals surface area contributed by atoms with Crippen LogP contribution in [0.2, 0.25) is 5.02 Å². The third-order valence-electron chi connectivity index (χ3n) is 3.78. The van der Waals surface area contributed by atoms with E-state index >= 15 is 0 Å². The van der Waals surface area contributed by atoms with Crippen LogP contribution in [0.5, 0.6) is 17.5 Å². The summed E-state index contributed by atoms with van der Waals surface area (Å²) in [7, 11) is 1.48. The number of nitrogens with zero attached hydrogens (tertiary/aromatic N) is 3. The van der Waals surface area contributed by atoms with E-state index in [1.165, 1.54) is 30.3 Å². The first-order valence-corrected chi connectivity index (χ1v) is 8.45. The lowest BCUT2D eigenvalue weighted by atomic mass is 10.2. The minimum absolute atomic E-state index is 0.168. The van der Waals surface area contributed by atoms with Crippen molar-refractivity contribution in [3.8, 4) is 17.5 Å². The second-order valence-corrected chi connectivity index (χ2v) is 6.05. The highest BCUT2D eigenvalue weighted by molar-refractivity contribution is 6.31. The van der Waals surface area contributed by atoms with Crippen molar-refractivity contribution in [3.05, 3.63) is 65.4 Å². The Morgan fingerprint density at radius 3 is 2.24 bits per heavy atom. The van der Waals surface area contributed by atoms with Crippen LogP contribution in [0.25, 0.3) is 0 Å². The van der Waals surface area contributed by atoms with Gasteiger partial charge >= 0.3 is 6.18 Å². The van der Waals surface area contributed by atoms with E-state index in [4.69, 9.17) is 21.1 Å². The molecule has 150 valence electrons. The standard InChI is InChI=1S/C19H13ClF3N3O3/c1-28-17-7-4-14(10-24-17)26(11-27)13-2-5-15(6-3-13)29-18-16(20)8-12(9-25-18)19(21,22)23/h2-11H,1H3. The molecular weight excluding hydrogens is 411 g/mol. The van der Waals surface area contributed by atoms with E-state index in [0.717, 1.165) is 6.07 Å². The van der Waals surface area contributed by atoms with Crippen molar-refractivity contribution in [1.82, 2.24) is 9.97 Å². The number of halogens is 4. The van der Waals surface area contributed by atoms with Crippen LogP contribution in [-0.4, -0.2) is 23.5 Å². The first-order chi connectivity index (χ1) is 13.8. The van der Waals surface area contributed by atoms with Crippen molar-refractivity contribution in [3.63, 3.8) is 0 Å². The zero-order chi connectivity index (χ0) is 21.0. The Morgan fingerprint density at radius 1 is 1.03 bits per heavy atom. The van der Waals surface area contributed by atoms with Gasteiger partial charge in [-0.15, -0.1) is 0 Å². The van der Waals surface area contributed by atoms with Gasteiger partial charge in [-0.1, -0.05) is 11.6 Å². The van der Waals surface area contributed by atoms with Crippen LogP contribution in [0.3, 0.4) is 0 Å². The number of hydrogen-bond acceptors (Lipinski definition) is 5. The van der Waals surface area contributed by atoms with Crippen LogP contribution in [0, 0.1) is 0 Å². The van der Waals surface area contributed by atoms with Crippen LogP contribution in [0.15, 0.2) is 54.9 Å². The lowest BCUT2D eigenvalue weighted by molar-refractivity contribution is -0.137. The predicted octanol–water partition coefficient (Wildman–Crippen LogP) is 5.24. The van der Waals surface area contributed by atoms with Crippen molar-refractivity contribution in [1.29, 1.82) is 0 Å². The monoisotopic (exact) mass is 423 g/mol. The van der Waals surface area contributed by atoms with Gasteiger partial charge in [-0.05, 0) is 36.4 Å². The minimum atomic E-state index is -4.55. The topological polar surface area (TPSA) is 64.5 Å². The largest absolute Gasteiger partial charge is 0.481 e. The highest BCUT2D eigenvalue weighted by Crippen LogP contribution is 2.35. The predicted molar refractivity (Wildman–Crippen MR) is 99.8 cm³/mol. The fourth-order valence-corrected chi connectivity index (χ4v) is 2.55. The smallest absolute Gasteiger partial charge is 0.417 e. The van der Waals surface area contributed by atoms with Gasteiger partial charge in [0.2, 0.25) is 18.2 Å². The Hall–Kier alpha value is -3.33. The number of ether oxygens (including phenoxy) is 2. The summed E-state index contributed by atoms with van der Waals surface area (Å²) in [4.78, 5) is 20.5. The molecule has 3 rings (SSSR count). The molecule has 0 bridgehead atoms. The number of amides is 1. The Kier molecular flexibility index (Phi) is 5.88. The number of rotatable bonds is 6. The van der Waals surface area contributed by atoms with E-state index in [9.17, 15) is 18.0 Å². The molecule has 2 aromatic heterocycles. The van der Waals surface area contributed by atoms with Crippen LogP contribution in [0.4, 0.5) is 24.5 Å². The molecule has 0 saturated carbocycles. The summed E-state index contributed by atoms with van der Waals surface area (Å²) >= 11 is 5.84. The SMILES string of the molecule is COc1ccc(N(C=O)c2ccc(Oc3ncc(C(F)(F)F)cc3Cl)cc2)cn1. The van der Waals surface area contributed by atoms with E-state index < -0.39 is 11.7 Å². The van der Waals surface area contributed by atoms with Crippen LogP contribution in [-0.2, 0) is 11.0 Å². The lowest BCUT2D eigenvalue weighted by Crippen LogP contribution is -2.14. The molecule has 0 saturated heterocycles. The van der Waals surface area contributed by atoms with E-state index in [1.54, 1.807) is 24.3 Å². The quantitative estimate of drug-likeness (QED) is 0.507. The van der Waals surface area contributed by atoms with Crippen molar-refractivity contribution in [2.45, 2.75) is 6.18 Å². The van der Waals surface area contributed by atoms with Gasteiger partial charge in [0.15, 0.2) is 0 Å². The Labute approximate surface area is 168 Å². The molecule has 0 N–H and O–H groups in total. The number of benzene rings is 1. The molecule has 0 unspecified atom stereocenters. The maximum absolute atomic E-state index is 12.7. The third kappa shape index (κ3) is 4.75. The highest BCUT2D eigenvalue weighted by Gasteiger charge is 2.31. The molecule has 0 fully saturated rings. The van der Waals surface area contributed by atoms with E-state index in [2.05, 4.69) is 9.97 Å². The first-order valence-electron chi connectivity index (χ1n) is 8.07. The van der Waals surface area contributed by atoms with Crippen LogP contribution < -0.4 is 14.4 Å². The summed E-state index contributed by atoms with van der Waals surface area (Å²) in [6.45, 7) is 0. The normalized spacial score (nSPS) is 11.1. The molecule has 0 aliphatic heterocycles. The number of carbonyl (C=O) groups is 1. The van der Waals surface area contributed by atoms with Crippen LogP contribution in [0.1, 0.15) is 5.56 Å². The molecule has 0 radical (unpaired) electrons. The van der Waals surface area contributed by atoms with Crippen molar-refractivity contribution < 1.29 is 27.4 Å². The van der Waals surface area contributed by atoms with Gasteiger partial charge < -0.3 is 9.47 Å². The maximum atomic E-state index is 12.7. The minimum Gasteiger partial charge on any atom is -0.481 e. The maximum Gasteiger partial charge on any atom is 0.417 e. The summed E-state index contributed by atoms with van der Waals surface area (Å²) in [5.41, 5.74) is 0.0626. The van der Waals surface area contributed by atoms with Crippen LogP contribution >= 0.6 is 11.6 Å². The number of carbonyl (C=O) groups excluding carboxylic acids is 1. The number of alkyl halides is 3. The molecule has 0 aliphatic carbocycles. The van der Waals surface area contributed by atoms with Gasteiger partial charge in [-0.25, -0.2) is 9.97 Å². The molecule has 0 aliphatic rings. The average molecular weight is 424 g/mol. The molecular formula is C19H13ClF3N3O3. The second-order valence-electron chi connectivity index (χ2n) is 5.64. The first kappa shape index (κ1) is 20.4. The van der Waals surface area contributed by atoms with E-state index in [-0.39, 0.29) is 16.7 Å². The second kappa shape index (κ2) is 8.36. The van der Waals surface area contributed by atoms with E-state index in [1.807, 2.05) is 0 Å². The highest BCUT2D eigenvalue weighted by atomic mass is 35.5. The molecule has 0 atom stereocenters. The van der Waals surface area contributed by atoms with E-state index in [0.29, 0.717) is 29.9 Å². The molecule has 1 amide bonds. The summed E-state index contributed by atoms with van der Waals surface area (Å²) in [5.74, 6) is 0.518. The van der Waals surface area contributed by atoms with Gasteiger partial charge in [-0.3, -0.25) is 9.69 Å². The van der Waals surface area contributed by atoms with Gasteiger partial charge in [0.25, 0.3) is 0 Å². The molecule has 10 heteroatoms. The fourth-order valence-electron chi connectivity index (χ4n) is 2.35. The number of anilines is 2. The number of hydrogen-bond donors (Lipinski definition) is 0. The average Bonchev–Trinajstić information content (AvgIpc) is 2.71. The third-order valence-corrected chi connectivity index (χ3v) is 4.05. The summed E-state index contributed by atoms with van der Waals surface area (Å²) in [6, 6.07) is 10.2. The zero-order valence-electron chi connectivity index (χ0n) is 14.9. The number of aromatic nitrogens is 2. The molecule has 0 spiro atoms. The van der Waals surface area contributed by atoms with Gasteiger partial charge in [0, 0.05) is 18.0 Å². The Morgan fingerprint density at radius 2 is 1.72 bits per heavy atom. The summed E-state index contributed by atoms with van der Waals surface area (Å²) in [6.07, 6.45) is -1.82. The molecule has 2 heterocycles. The molecule has 6 nitrogen and oxygen atoms in total. The Balaban J connectivity index is 1.78. The van der Waals surface area contributed by atoms with Gasteiger partial charge in [0.05, 0.1) is 24.6 Å². The number of methoxy groups -OCH3 is 1. The van der Waals surface area contributed by atoms with Gasteiger partial charge in [-0.2, -0.15) is 13.2 Å². The Bertz CT molecular complexity index is 996. The van der Waals surface area contributed by atoms with Crippen molar-refractivity contribution in [2.24, 2.45) is 0 Å². The van der Waals surface area contributed by atoms with Gasteiger partial charge in [0.1, 0.15) is 10.8 Å². The fraction of sp³-hybridized carbons (Fsp3) is 0.105. The molecule has 1 aromatic carbocycles. The van der Waals surface area contributed by atoms with Crippen molar-refractivity contribution in [2.75, 3.05) is 12.0 Å². The lowest BCUT2D eigenvalue weighted by Gasteiger charge is -2.18. The summed E-state index contributed by atoms with van der Waals surface area (Å²) < 4.78 is 48.5. The number of pyridine rings is 2.